The third-order valence-electron chi connectivity index (χ3n) is 4.75. The van der Waals surface area contributed by atoms with Crippen molar-refractivity contribution in [1.29, 1.82) is 0 Å². The molecule has 0 bridgehead atoms. The zero-order chi connectivity index (χ0) is 27.2. The van der Waals surface area contributed by atoms with Crippen molar-refractivity contribution in [3.8, 4) is 0 Å². The summed E-state index contributed by atoms with van der Waals surface area (Å²) in [5.41, 5.74) is 0. The molecule has 15 heteroatoms. The van der Waals surface area contributed by atoms with E-state index in [1.54, 1.807) is 0 Å². The molecule has 0 fully saturated rings. The minimum atomic E-state index is -1.15. The SMILES string of the molecule is OCC(CO)OCC(COC(CO)CO)OCC(O)COC(COC(CO)CO)COC(CO)CO. The quantitative estimate of drug-likeness (QED) is 0.0501. The van der Waals surface area contributed by atoms with Crippen LogP contribution in [0, 0.1) is 0 Å². The van der Waals surface area contributed by atoms with Crippen LogP contribution in [0.15, 0.2) is 0 Å². The van der Waals surface area contributed by atoms with Crippen LogP contribution < -0.4 is 0 Å². The lowest BCUT2D eigenvalue weighted by Crippen LogP contribution is -2.38. The summed E-state index contributed by atoms with van der Waals surface area (Å²) in [7, 11) is 0. The second-order valence-corrected chi connectivity index (χ2v) is 7.85. The van der Waals surface area contributed by atoms with Gasteiger partial charge in [0.25, 0.3) is 0 Å². The van der Waals surface area contributed by atoms with Gasteiger partial charge in [0, 0.05) is 0 Å². The van der Waals surface area contributed by atoms with Gasteiger partial charge in [0.15, 0.2) is 0 Å². The van der Waals surface area contributed by atoms with Crippen LogP contribution in [-0.2, 0) is 28.4 Å². The molecule has 0 radical (unpaired) electrons. The molecule has 0 aliphatic rings. The van der Waals surface area contributed by atoms with Crippen LogP contribution >= 0.6 is 0 Å². The van der Waals surface area contributed by atoms with E-state index in [-0.39, 0.29) is 39.6 Å². The monoisotopic (exact) mass is 536 g/mol. The Bertz CT molecular complexity index is 387. The van der Waals surface area contributed by atoms with Crippen molar-refractivity contribution in [2.75, 3.05) is 92.5 Å². The van der Waals surface area contributed by atoms with Crippen LogP contribution in [0.5, 0.6) is 0 Å². The van der Waals surface area contributed by atoms with Gasteiger partial charge in [0.2, 0.25) is 0 Å². The van der Waals surface area contributed by atoms with Crippen molar-refractivity contribution < 1.29 is 74.4 Å². The second-order valence-electron chi connectivity index (χ2n) is 7.85. The van der Waals surface area contributed by atoms with Gasteiger partial charge in [0.1, 0.15) is 42.7 Å². The number of aliphatic hydroxyl groups is 9. The summed E-state index contributed by atoms with van der Waals surface area (Å²) in [5, 5.41) is 83.4. The molecule has 15 nitrogen and oxygen atoms in total. The van der Waals surface area contributed by atoms with Crippen molar-refractivity contribution in [2.24, 2.45) is 0 Å². The van der Waals surface area contributed by atoms with Gasteiger partial charge in [-0.25, -0.2) is 0 Å². The molecule has 9 N–H and O–H groups in total. The topological polar surface area (TPSA) is 237 Å². The Morgan fingerprint density at radius 2 is 0.500 bits per heavy atom. The summed E-state index contributed by atoms with van der Waals surface area (Å²) < 4.78 is 32.5. The normalized spacial score (nSPS) is 12.7. The maximum atomic E-state index is 10.3. The Morgan fingerprint density at radius 1 is 0.306 bits per heavy atom. The van der Waals surface area contributed by atoms with Gasteiger partial charge in [-0.15, -0.1) is 0 Å². The fourth-order valence-corrected chi connectivity index (χ4v) is 2.46. The lowest BCUT2D eigenvalue weighted by molar-refractivity contribution is -0.145. The largest absolute Gasteiger partial charge is 0.394 e. The number of hydrogen-bond acceptors (Lipinski definition) is 15. The molecule has 0 aliphatic heterocycles. The standard InChI is InChI=1S/C21H44O15/c22-1-16(2-23)33-11-20(12-34-17(3-24)4-25)31-9-15(30)10-32-21(13-35-18(5-26)6-27)14-36-19(7-28)8-29/h15-30H,1-14H2. The van der Waals surface area contributed by atoms with E-state index >= 15 is 0 Å². The predicted octanol–water partition coefficient (Wildman–Crippen LogP) is -5.40. The highest BCUT2D eigenvalue weighted by Gasteiger charge is 2.21. The molecule has 218 valence electrons. The summed E-state index contributed by atoms with van der Waals surface area (Å²) in [5.74, 6) is 0. The van der Waals surface area contributed by atoms with Crippen molar-refractivity contribution in [2.45, 2.75) is 42.7 Å². The Labute approximate surface area is 210 Å². The molecule has 0 saturated carbocycles. The Hall–Kier alpha value is -0.600. The van der Waals surface area contributed by atoms with Gasteiger partial charge in [0.05, 0.1) is 92.5 Å². The maximum Gasteiger partial charge on any atom is 0.104 e. The molecule has 0 aromatic rings. The van der Waals surface area contributed by atoms with Crippen molar-refractivity contribution in [3.05, 3.63) is 0 Å². The zero-order valence-corrected chi connectivity index (χ0v) is 20.4. The molecule has 0 aromatic carbocycles. The van der Waals surface area contributed by atoms with E-state index in [4.69, 9.17) is 69.3 Å². The van der Waals surface area contributed by atoms with E-state index in [1.807, 2.05) is 0 Å². The van der Waals surface area contributed by atoms with Crippen LogP contribution in [-0.4, -0.2) is 181 Å². The predicted molar refractivity (Wildman–Crippen MR) is 121 cm³/mol. The Morgan fingerprint density at radius 3 is 0.694 bits per heavy atom. The zero-order valence-electron chi connectivity index (χ0n) is 20.4. The van der Waals surface area contributed by atoms with Gasteiger partial charge in [-0.3, -0.25) is 0 Å². The van der Waals surface area contributed by atoms with Gasteiger partial charge in [-0.05, 0) is 0 Å². The molecular weight excluding hydrogens is 492 g/mol. The van der Waals surface area contributed by atoms with E-state index in [0.29, 0.717) is 0 Å². The lowest BCUT2D eigenvalue weighted by atomic mass is 10.3. The molecule has 0 rings (SSSR count). The highest BCUT2D eigenvalue weighted by atomic mass is 16.6. The average Bonchev–Trinajstić information content (AvgIpc) is 2.91. The molecule has 0 atom stereocenters. The third kappa shape index (κ3) is 17.0. The van der Waals surface area contributed by atoms with Crippen molar-refractivity contribution >= 4 is 0 Å². The van der Waals surface area contributed by atoms with Gasteiger partial charge in [-0.1, -0.05) is 0 Å². The molecule has 0 aliphatic carbocycles. The maximum absolute atomic E-state index is 10.3. The van der Waals surface area contributed by atoms with Gasteiger partial charge in [-0.2, -0.15) is 0 Å². The van der Waals surface area contributed by atoms with Gasteiger partial charge < -0.3 is 74.4 Å². The number of ether oxygens (including phenoxy) is 6. The minimum absolute atomic E-state index is 0.124. The number of aliphatic hydroxyl groups excluding tert-OH is 9. The smallest absolute Gasteiger partial charge is 0.104 e. The van der Waals surface area contributed by atoms with Gasteiger partial charge >= 0.3 is 0 Å². The van der Waals surface area contributed by atoms with Crippen LogP contribution in [0.25, 0.3) is 0 Å². The molecule has 0 heterocycles. The fourth-order valence-electron chi connectivity index (χ4n) is 2.46. The van der Waals surface area contributed by atoms with Crippen LogP contribution in [0.3, 0.4) is 0 Å². The first-order valence-electron chi connectivity index (χ1n) is 11.6. The first-order valence-corrected chi connectivity index (χ1v) is 11.6. The van der Waals surface area contributed by atoms with Crippen LogP contribution in [0.2, 0.25) is 0 Å². The Kier molecular flexibility index (Phi) is 23.1. The lowest BCUT2D eigenvalue weighted by Gasteiger charge is -2.25. The molecule has 0 spiro atoms. The average molecular weight is 537 g/mol. The first-order chi connectivity index (χ1) is 17.4. The minimum Gasteiger partial charge on any atom is -0.394 e. The van der Waals surface area contributed by atoms with Crippen molar-refractivity contribution in [1.82, 2.24) is 0 Å². The van der Waals surface area contributed by atoms with Crippen molar-refractivity contribution in [3.63, 3.8) is 0 Å². The summed E-state index contributed by atoms with van der Waals surface area (Å²) in [6.45, 7) is -4.41. The summed E-state index contributed by atoms with van der Waals surface area (Å²) in [6, 6.07) is 0. The molecule has 0 aromatic heterocycles. The molecule has 0 amide bonds. The summed E-state index contributed by atoms with van der Waals surface area (Å²) in [4.78, 5) is 0. The first kappa shape index (κ1) is 35.4. The molecule has 36 heavy (non-hydrogen) atoms. The van der Waals surface area contributed by atoms with E-state index in [9.17, 15) is 5.11 Å². The highest BCUT2D eigenvalue weighted by molar-refractivity contribution is 4.66. The van der Waals surface area contributed by atoms with E-state index in [0.717, 1.165) is 0 Å². The molecular formula is C21H44O15. The van der Waals surface area contributed by atoms with Crippen LogP contribution in [0.1, 0.15) is 0 Å². The fraction of sp³-hybridized carbons (Fsp3) is 1.00. The Balaban J connectivity index is 4.81. The number of rotatable bonds is 26. The number of hydrogen-bond donors (Lipinski definition) is 9. The summed E-state index contributed by atoms with van der Waals surface area (Å²) >= 11 is 0. The van der Waals surface area contributed by atoms with Crippen LogP contribution in [0.4, 0.5) is 0 Å². The van der Waals surface area contributed by atoms with E-state index < -0.39 is 95.6 Å². The highest BCUT2D eigenvalue weighted by Crippen LogP contribution is 2.06. The summed E-state index contributed by atoms with van der Waals surface area (Å²) in [6.07, 6.45) is -6.10. The van der Waals surface area contributed by atoms with E-state index in [2.05, 4.69) is 0 Å². The second kappa shape index (κ2) is 23.5. The molecule has 0 saturated heterocycles. The molecule has 0 unspecified atom stereocenters. The third-order valence-corrected chi connectivity index (χ3v) is 4.75. The van der Waals surface area contributed by atoms with E-state index in [1.165, 1.54) is 0 Å².